The van der Waals surface area contributed by atoms with Crippen molar-refractivity contribution in [2.45, 2.75) is 44.1 Å². The summed E-state index contributed by atoms with van der Waals surface area (Å²) in [6.07, 6.45) is 5.80. The quantitative estimate of drug-likeness (QED) is 0.419. The summed E-state index contributed by atoms with van der Waals surface area (Å²) in [5.74, 6) is 1.74. The molecule has 1 aliphatic carbocycles. The molecule has 2 atom stereocenters. The molecule has 1 saturated carbocycles. The van der Waals surface area contributed by atoms with E-state index < -0.39 is 5.92 Å². The van der Waals surface area contributed by atoms with Gasteiger partial charge in [0.2, 0.25) is 0 Å². The molecule has 3 aromatic rings. The average Bonchev–Trinajstić information content (AvgIpc) is 3.00. The number of carbonyl (C=O) groups excluding carboxylic acids is 1. The van der Waals surface area contributed by atoms with Gasteiger partial charge < -0.3 is 14.4 Å². The second-order valence-corrected chi connectivity index (χ2v) is 10.3. The molecular formula is C31H33NO3. The molecule has 0 amide bonds. The average molecular weight is 468 g/mol. The Morgan fingerprint density at radius 3 is 2.00 bits per heavy atom. The normalized spacial score (nSPS) is 23.9. The van der Waals surface area contributed by atoms with Gasteiger partial charge in [0.1, 0.15) is 23.5 Å². The van der Waals surface area contributed by atoms with E-state index in [-0.39, 0.29) is 12.1 Å². The fourth-order valence-electron chi connectivity index (χ4n) is 6.33. The van der Waals surface area contributed by atoms with Crippen molar-refractivity contribution in [3.8, 4) is 11.5 Å². The van der Waals surface area contributed by atoms with Crippen LogP contribution in [0.5, 0.6) is 11.5 Å². The molecule has 3 aliphatic rings. The number of rotatable bonds is 5. The van der Waals surface area contributed by atoms with Crippen LogP contribution in [0.3, 0.4) is 0 Å². The molecule has 0 radical (unpaired) electrons. The van der Waals surface area contributed by atoms with E-state index >= 15 is 0 Å². The number of hydrogen-bond donors (Lipinski definition) is 0. The van der Waals surface area contributed by atoms with Gasteiger partial charge in [0.15, 0.2) is 0 Å². The van der Waals surface area contributed by atoms with Crippen molar-refractivity contribution in [2.24, 2.45) is 11.8 Å². The summed E-state index contributed by atoms with van der Waals surface area (Å²) in [5.41, 5.74) is 3.19. The third-order valence-corrected chi connectivity index (χ3v) is 8.04. The number of hydrogen-bond acceptors (Lipinski definition) is 4. The van der Waals surface area contributed by atoms with Gasteiger partial charge in [0.25, 0.3) is 0 Å². The standard InChI is InChI=1S/C31H33NO3/c33-31(29-25-14-6-8-16-27(25)34-28-17-9-7-15-26(28)29)35-30-23-12-4-5-13-24(30)21-32(20-23)19-18-22-10-2-1-3-11-22/h1-3,6-11,14-17,23-24,29-30H,4-5,12-13,18-21H2. The Hall–Kier alpha value is -3.11. The second-order valence-electron chi connectivity index (χ2n) is 10.3. The molecule has 0 N–H and O–H groups in total. The van der Waals surface area contributed by atoms with Crippen molar-refractivity contribution in [2.75, 3.05) is 19.6 Å². The molecule has 0 aromatic heterocycles. The van der Waals surface area contributed by atoms with Crippen molar-refractivity contribution in [1.29, 1.82) is 0 Å². The number of carbonyl (C=O) groups is 1. The van der Waals surface area contributed by atoms with E-state index in [1.54, 1.807) is 0 Å². The van der Waals surface area contributed by atoms with Crippen LogP contribution in [0.1, 0.15) is 48.3 Å². The highest BCUT2D eigenvalue weighted by atomic mass is 16.5. The molecule has 2 fully saturated rings. The number of benzene rings is 3. The highest BCUT2D eigenvalue weighted by molar-refractivity contribution is 5.85. The predicted molar refractivity (Wildman–Crippen MR) is 137 cm³/mol. The SMILES string of the molecule is O=C(OC1C2CCCCC1CN(CCc1ccccc1)C2)C1c2ccccc2Oc2ccccc21. The number of nitrogens with zero attached hydrogens (tertiary/aromatic N) is 1. The first kappa shape index (κ1) is 22.4. The summed E-state index contributed by atoms with van der Waals surface area (Å²) >= 11 is 0. The summed E-state index contributed by atoms with van der Waals surface area (Å²) in [5, 5.41) is 0. The minimum absolute atomic E-state index is 0.000134. The summed E-state index contributed by atoms with van der Waals surface area (Å²) in [7, 11) is 0. The first-order chi connectivity index (χ1) is 17.3. The number of para-hydroxylation sites is 2. The first-order valence-corrected chi connectivity index (χ1v) is 13.1. The maximum atomic E-state index is 13.8. The number of fused-ring (bicyclic) bond motifs is 4. The van der Waals surface area contributed by atoms with Crippen LogP contribution in [0.2, 0.25) is 0 Å². The third-order valence-electron chi connectivity index (χ3n) is 8.04. The highest BCUT2D eigenvalue weighted by Gasteiger charge is 2.42. The van der Waals surface area contributed by atoms with E-state index in [1.165, 1.54) is 18.4 Å². The van der Waals surface area contributed by atoms with Gasteiger partial charge in [-0.15, -0.1) is 0 Å². The summed E-state index contributed by atoms with van der Waals surface area (Å²) < 4.78 is 12.6. The molecule has 2 bridgehead atoms. The summed E-state index contributed by atoms with van der Waals surface area (Å²) in [6.45, 7) is 3.10. The molecule has 6 rings (SSSR count). The van der Waals surface area contributed by atoms with Crippen LogP contribution in [0.15, 0.2) is 78.9 Å². The molecule has 0 spiro atoms. The minimum atomic E-state index is -0.436. The van der Waals surface area contributed by atoms with Gasteiger partial charge in [-0.2, -0.15) is 0 Å². The van der Waals surface area contributed by atoms with E-state index in [1.807, 2.05) is 48.5 Å². The smallest absolute Gasteiger partial charge is 0.318 e. The van der Waals surface area contributed by atoms with Gasteiger partial charge in [0, 0.05) is 42.6 Å². The minimum Gasteiger partial charge on any atom is -0.461 e. The Kier molecular flexibility index (Phi) is 6.30. The molecule has 4 nitrogen and oxygen atoms in total. The zero-order valence-electron chi connectivity index (χ0n) is 20.1. The van der Waals surface area contributed by atoms with Crippen molar-refractivity contribution in [3.05, 3.63) is 95.6 Å². The van der Waals surface area contributed by atoms with Crippen LogP contribution >= 0.6 is 0 Å². The maximum absolute atomic E-state index is 13.8. The van der Waals surface area contributed by atoms with Gasteiger partial charge in [0.05, 0.1) is 0 Å². The van der Waals surface area contributed by atoms with Crippen molar-refractivity contribution < 1.29 is 14.3 Å². The first-order valence-electron chi connectivity index (χ1n) is 13.1. The lowest BCUT2D eigenvalue weighted by molar-refractivity contribution is -0.160. The topological polar surface area (TPSA) is 38.8 Å². The van der Waals surface area contributed by atoms with Gasteiger partial charge in [-0.1, -0.05) is 79.6 Å². The summed E-state index contributed by atoms with van der Waals surface area (Å²) in [4.78, 5) is 16.4. The molecule has 1 saturated heterocycles. The monoisotopic (exact) mass is 467 g/mol. The number of likely N-dealkylation sites (tertiary alicyclic amines) is 1. The van der Waals surface area contributed by atoms with Gasteiger partial charge >= 0.3 is 5.97 Å². The Bertz CT molecular complexity index is 1120. The zero-order valence-corrected chi connectivity index (χ0v) is 20.1. The van der Waals surface area contributed by atoms with Crippen molar-refractivity contribution in [3.63, 3.8) is 0 Å². The van der Waals surface area contributed by atoms with E-state index in [4.69, 9.17) is 9.47 Å². The van der Waals surface area contributed by atoms with Gasteiger partial charge in [-0.05, 0) is 37.0 Å². The van der Waals surface area contributed by atoms with Crippen molar-refractivity contribution >= 4 is 5.97 Å². The lowest BCUT2D eigenvalue weighted by Gasteiger charge is -2.42. The highest BCUT2D eigenvalue weighted by Crippen LogP contribution is 2.45. The molecule has 35 heavy (non-hydrogen) atoms. The zero-order chi connectivity index (χ0) is 23.6. The van der Waals surface area contributed by atoms with Crippen LogP contribution < -0.4 is 4.74 Å². The molecule has 180 valence electrons. The number of ether oxygens (including phenoxy) is 2. The van der Waals surface area contributed by atoms with Crippen LogP contribution in [0, 0.1) is 11.8 Å². The van der Waals surface area contributed by atoms with Crippen LogP contribution in [0.25, 0.3) is 0 Å². The van der Waals surface area contributed by atoms with Crippen LogP contribution in [-0.4, -0.2) is 36.6 Å². The number of esters is 1. The van der Waals surface area contributed by atoms with Gasteiger partial charge in [-0.3, -0.25) is 4.79 Å². The van der Waals surface area contributed by atoms with Crippen LogP contribution in [0.4, 0.5) is 0 Å². The summed E-state index contributed by atoms with van der Waals surface area (Å²) in [6, 6.07) is 26.5. The Labute approximate surface area is 207 Å². The molecule has 4 heteroatoms. The van der Waals surface area contributed by atoms with E-state index in [9.17, 15) is 4.79 Å². The van der Waals surface area contributed by atoms with E-state index in [2.05, 4.69) is 35.2 Å². The predicted octanol–water partition coefficient (Wildman–Crippen LogP) is 6.20. The fraction of sp³-hybridized carbons (Fsp3) is 0.387. The van der Waals surface area contributed by atoms with E-state index in [0.29, 0.717) is 11.8 Å². The third kappa shape index (κ3) is 4.60. The van der Waals surface area contributed by atoms with Gasteiger partial charge in [-0.25, -0.2) is 0 Å². The van der Waals surface area contributed by atoms with Crippen molar-refractivity contribution in [1.82, 2.24) is 4.90 Å². The number of piperidine rings is 1. The lowest BCUT2D eigenvalue weighted by atomic mass is 9.83. The van der Waals surface area contributed by atoms with Crippen LogP contribution in [-0.2, 0) is 16.0 Å². The second kappa shape index (κ2) is 9.87. The maximum Gasteiger partial charge on any atom is 0.318 e. The molecule has 2 heterocycles. The Morgan fingerprint density at radius 2 is 1.37 bits per heavy atom. The molecule has 2 aliphatic heterocycles. The van der Waals surface area contributed by atoms with E-state index in [0.717, 1.165) is 61.5 Å². The molecule has 3 aromatic carbocycles. The lowest BCUT2D eigenvalue weighted by Crippen LogP contribution is -2.51. The largest absolute Gasteiger partial charge is 0.461 e. The Balaban J connectivity index is 1.20. The Morgan fingerprint density at radius 1 is 0.800 bits per heavy atom. The molecule has 2 unspecified atom stereocenters. The molecular weight excluding hydrogens is 434 g/mol. The fourth-order valence-corrected chi connectivity index (χ4v) is 6.33.